The third kappa shape index (κ3) is 3.70. The van der Waals surface area contributed by atoms with Gasteiger partial charge in [0.05, 0.1) is 13.7 Å². The molecule has 0 atom stereocenters. The van der Waals surface area contributed by atoms with Crippen LogP contribution in [0.1, 0.15) is 22.3 Å². The minimum Gasteiger partial charge on any atom is -0.497 e. The van der Waals surface area contributed by atoms with Crippen molar-refractivity contribution in [1.29, 1.82) is 0 Å². The number of hydrogen-bond donors (Lipinski definition) is 1. The van der Waals surface area contributed by atoms with Gasteiger partial charge in [-0.3, -0.25) is 0 Å². The molecule has 0 saturated heterocycles. The largest absolute Gasteiger partial charge is 0.497 e. The lowest BCUT2D eigenvalue weighted by Crippen LogP contribution is -1.89. The van der Waals surface area contributed by atoms with Crippen LogP contribution in [-0.4, -0.2) is 12.2 Å². The summed E-state index contributed by atoms with van der Waals surface area (Å²) >= 11 is 0. The first-order chi connectivity index (χ1) is 9.21. The number of ether oxygens (including phenoxy) is 1. The predicted molar refractivity (Wildman–Crippen MR) is 79.0 cm³/mol. The van der Waals surface area contributed by atoms with Crippen molar-refractivity contribution in [3.63, 3.8) is 0 Å². The maximum Gasteiger partial charge on any atom is 0.119 e. The fourth-order valence-corrected chi connectivity index (χ4v) is 1.86. The Morgan fingerprint density at radius 2 is 1.68 bits per heavy atom. The lowest BCUT2D eigenvalue weighted by molar-refractivity contribution is 0.281. The van der Waals surface area contributed by atoms with Gasteiger partial charge in [0, 0.05) is 0 Å². The van der Waals surface area contributed by atoms with E-state index in [0.717, 1.165) is 22.4 Å². The molecule has 19 heavy (non-hydrogen) atoms. The Balaban J connectivity index is 2.24. The van der Waals surface area contributed by atoms with E-state index in [1.54, 1.807) is 7.11 Å². The first kappa shape index (κ1) is 13.4. The SMILES string of the molecule is COc1cc(/C=C/c2ccc(C)cc2)cc(CO)c1. The standard InChI is InChI=1S/C17H18O2/c1-13-3-5-14(6-4-13)7-8-15-9-16(12-18)11-17(10-15)19-2/h3-11,18H,12H2,1-2H3/b8-7+. The molecule has 2 nitrogen and oxygen atoms in total. The number of hydrogen-bond acceptors (Lipinski definition) is 2. The summed E-state index contributed by atoms with van der Waals surface area (Å²) in [6, 6.07) is 14.1. The lowest BCUT2D eigenvalue weighted by Gasteiger charge is -2.04. The van der Waals surface area contributed by atoms with Crippen molar-refractivity contribution >= 4 is 12.2 Å². The Morgan fingerprint density at radius 3 is 2.32 bits per heavy atom. The monoisotopic (exact) mass is 254 g/mol. The highest BCUT2D eigenvalue weighted by atomic mass is 16.5. The summed E-state index contributed by atoms with van der Waals surface area (Å²) in [6.45, 7) is 2.09. The average molecular weight is 254 g/mol. The third-order valence-electron chi connectivity index (χ3n) is 2.95. The van der Waals surface area contributed by atoms with Crippen molar-refractivity contribution in [2.75, 3.05) is 7.11 Å². The van der Waals surface area contributed by atoms with E-state index >= 15 is 0 Å². The number of aliphatic hydroxyl groups is 1. The van der Waals surface area contributed by atoms with Crippen LogP contribution in [0, 0.1) is 6.92 Å². The fraction of sp³-hybridized carbons (Fsp3) is 0.176. The molecule has 0 aliphatic carbocycles. The molecule has 0 spiro atoms. The second-order valence-corrected chi connectivity index (χ2v) is 4.52. The molecule has 2 aromatic rings. The van der Waals surface area contributed by atoms with Gasteiger partial charge < -0.3 is 9.84 Å². The Hall–Kier alpha value is -2.06. The number of aryl methyl sites for hydroxylation is 1. The van der Waals surface area contributed by atoms with Crippen LogP contribution in [0.4, 0.5) is 0 Å². The molecule has 0 amide bonds. The first-order valence-electron chi connectivity index (χ1n) is 6.25. The molecule has 0 fully saturated rings. The van der Waals surface area contributed by atoms with Gasteiger partial charge in [-0.15, -0.1) is 0 Å². The zero-order valence-electron chi connectivity index (χ0n) is 11.3. The Bertz CT molecular complexity index is 546. The highest BCUT2D eigenvalue weighted by molar-refractivity contribution is 5.70. The summed E-state index contributed by atoms with van der Waals surface area (Å²) in [7, 11) is 1.63. The van der Waals surface area contributed by atoms with Gasteiger partial charge in [-0.25, -0.2) is 0 Å². The van der Waals surface area contributed by atoms with Crippen molar-refractivity contribution in [2.45, 2.75) is 13.5 Å². The van der Waals surface area contributed by atoms with Crippen LogP contribution >= 0.6 is 0 Å². The molecule has 2 rings (SSSR count). The van der Waals surface area contributed by atoms with Crippen LogP contribution in [-0.2, 0) is 6.61 Å². The van der Waals surface area contributed by atoms with E-state index in [-0.39, 0.29) is 6.61 Å². The van der Waals surface area contributed by atoms with E-state index in [9.17, 15) is 5.11 Å². The smallest absolute Gasteiger partial charge is 0.119 e. The number of methoxy groups -OCH3 is 1. The second kappa shape index (κ2) is 6.21. The average Bonchev–Trinajstić information content (AvgIpc) is 2.46. The van der Waals surface area contributed by atoms with E-state index in [1.165, 1.54) is 5.56 Å². The molecule has 98 valence electrons. The lowest BCUT2D eigenvalue weighted by atomic mass is 10.1. The molecule has 0 unspecified atom stereocenters. The molecule has 0 heterocycles. The van der Waals surface area contributed by atoms with Crippen LogP contribution in [0.25, 0.3) is 12.2 Å². The Labute approximate surface area is 114 Å². The van der Waals surface area contributed by atoms with Crippen LogP contribution in [0.3, 0.4) is 0 Å². The normalized spacial score (nSPS) is 10.9. The molecule has 0 aliphatic rings. The molecule has 1 N–H and O–H groups in total. The Morgan fingerprint density at radius 1 is 1.00 bits per heavy atom. The van der Waals surface area contributed by atoms with Crippen molar-refractivity contribution in [3.05, 3.63) is 64.7 Å². The number of benzene rings is 2. The van der Waals surface area contributed by atoms with Gasteiger partial charge >= 0.3 is 0 Å². The van der Waals surface area contributed by atoms with Crippen LogP contribution in [0.2, 0.25) is 0 Å². The summed E-state index contributed by atoms with van der Waals surface area (Å²) < 4.78 is 5.22. The summed E-state index contributed by atoms with van der Waals surface area (Å²) in [4.78, 5) is 0. The topological polar surface area (TPSA) is 29.5 Å². The van der Waals surface area contributed by atoms with E-state index in [1.807, 2.05) is 24.3 Å². The quantitative estimate of drug-likeness (QED) is 0.844. The van der Waals surface area contributed by atoms with Gasteiger partial charge in [0.2, 0.25) is 0 Å². The fourth-order valence-electron chi connectivity index (χ4n) is 1.86. The molecule has 2 aromatic carbocycles. The molecule has 0 aromatic heterocycles. The third-order valence-corrected chi connectivity index (χ3v) is 2.95. The van der Waals surface area contributed by atoms with Crippen LogP contribution < -0.4 is 4.74 Å². The van der Waals surface area contributed by atoms with Crippen molar-refractivity contribution in [1.82, 2.24) is 0 Å². The van der Waals surface area contributed by atoms with Crippen molar-refractivity contribution < 1.29 is 9.84 Å². The summed E-state index contributed by atoms with van der Waals surface area (Å²) in [5.41, 5.74) is 4.27. The molecule has 0 saturated carbocycles. The number of rotatable bonds is 4. The predicted octanol–water partition coefficient (Wildman–Crippen LogP) is 3.67. The van der Waals surface area contributed by atoms with E-state index in [2.05, 4.69) is 37.3 Å². The second-order valence-electron chi connectivity index (χ2n) is 4.52. The van der Waals surface area contributed by atoms with E-state index < -0.39 is 0 Å². The van der Waals surface area contributed by atoms with Crippen LogP contribution in [0.5, 0.6) is 5.75 Å². The molecule has 0 aliphatic heterocycles. The van der Waals surface area contributed by atoms with Gasteiger partial charge in [-0.2, -0.15) is 0 Å². The first-order valence-corrected chi connectivity index (χ1v) is 6.25. The molecule has 2 heteroatoms. The van der Waals surface area contributed by atoms with Gasteiger partial charge in [-0.05, 0) is 41.8 Å². The van der Waals surface area contributed by atoms with Gasteiger partial charge in [0.25, 0.3) is 0 Å². The maximum absolute atomic E-state index is 9.22. The number of aliphatic hydroxyl groups excluding tert-OH is 1. The highest BCUT2D eigenvalue weighted by Crippen LogP contribution is 2.19. The summed E-state index contributed by atoms with van der Waals surface area (Å²) in [6.07, 6.45) is 4.07. The molecule has 0 bridgehead atoms. The molecular formula is C17H18O2. The van der Waals surface area contributed by atoms with Gasteiger partial charge in [0.15, 0.2) is 0 Å². The summed E-state index contributed by atoms with van der Waals surface area (Å²) in [5, 5.41) is 9.22. The molecule has 0 radical (unpaired) electrons. The van der Waals surface area contributed by atoms with Gasteiger partial charge in [0.1, 0.15) is 5.75 Å². The van der Waals surface area contributed by atoms with E-state index in [4.69, 9.17) is 4.74 Å². The summed E-state index contributed by atoms with van der Waals surface area (Å²) in [5.74, 6) is 0.759. The minimum atomic E-state index is 0.0164. The van der Waals surface area contributed by atoms with Crippen molar-refractivity contribution in [3.8, 4) is 5.75 Å². The maximum atomic E-state index is 9.22. The Kier molecular flexibility index (Phi) is 4.37. The van der Waals surface area contributed by atoms with Crippen molar-refractivity contribution in [2.24, 2.45) is 0 Å². The zero-order valence-corrected chi connectivity index (χ0v) is 11.3. The van der Waals surface area contributed by atoms with Crippen LogP contribution in [0.15, 0.2) is 42.5 Å². The highest BCUT2D eigenvalue weighted by Gasteiger charge is 1.98. The zero-order chi connectivity index (χ0) is 13.7. The molecular weight excluding hydrogens is 236 g/mol. The van der Waals surface area contributed by atoms with Gasteiger partial charge in [-0.1, -0.05) is 42.0 Å². The van der Waals surface area contributed by atoms with E-state index in [0.29, 0.717) is 0 Å². The minimum absolute atomic E-state index is 0.0164.